The standard InChI is InChI=1S/C17H11F13O2S/c1-2-32-10-5-3-9(4-6-10)11(31)33-8-7-12(18,19)13(20,21)14(22,23)15(24,25)16(26,27)17(28,29)30/h2-6H,1,7-8H2. The Bertz CT molecular complexity index is 847. The monoisotopic (exact) mass is 526 g/mol. The van der Waals surface area contributed by atoms with E-state index in [2.05, 4.69) is 6.58 Å². The minimum absolute atomic E-state index is 0.154. The van der Waals surface area contributed by atoms with Gasteiger partial charge in [0.2, 0.25) is 5.12 Å². The van der Waals surface area contributed by atoms with Crippen molar-refractivity contribution in [2.24, 2.45) is 0 Å². The first-order valence-corrected chi connectivity index (χ1v) is 9.16. The van der Waals surface area contributed by atoms with Crippen molar-refractivity contribution in [3.63, 3.8) is 0 Å². The summed E-state index contributed by atoms with van der Waals surface area (Å²) in [5.74, 6) is -38.3. The molecule has 0 unspecified atom stereocenters. The van der Waals surface area contributed by atoms with Gasteiger partial charge in [-0.1, -0.05) is 18.3 Å². The number of halogens is 13. The number of hydrogen-bond acceptors (Lipinski definition) is 3. The summed E-state index contributed by atoms with van der Waals surface area (Å²) in [5.41, 5.74) is -0.215. The van der Waals surface area contributed by atoms with E-state index in [4.69, 9.17) is 4.74 Å². The summed E-state index contributed by atoms with van der Waals surface area (Å²) in [7, 11) is 0. The molecule has 0 aromatic heterocycles. The van der Waals surface area contributed by atoms with Gasteiger partial charge in [-0.2, -0.15) is 57.1 Å². The number of hydrogen-bond donors (Lipinski definition) is 0. The lowest BCUT2D eigenvalue weighted by Crippen LogP contribution is -2.70. The minimum Gasteiger partial charge on any atom is -0.466 e. The Morgan fingerprint density at radius 1 is 0.788 bits per heavy atom. The quantitative estimate of drug-likeness (QED) is 0.238. The van der Waals surface area contributed by atoms with E-state index in [0.717, 1.165) is 18.4 Å². The minimum atomic E-state index is -7.94. The van der Waals surface area contributed by atoms with Gasteiger partial charge in [-0.25, -0.2) is 0 Å². The average Bonchev–Trinajstić information content (AvgIpc) is 2.67. The lowest BCUT2D eigenvalue weighted by molar-refractivity contribution is -0.439. The summed E-state index contributed by atoms with van der Waals surface area (Å²) >= 11 is -0.154. The third-order valence-electron chi connectivity index (χ3n) is 3.96. The number of benzene rings is 1. The predicted molar refractivity (Wildman–Crippen MR) is 89.5 cm³/mol. The molecule has 0 heterocycles. The zero-order valence-electron chi connectivity index (χ0n) is 15.6. The third kappa shape index (κ3) is 5.19. The first-order valence-electron chi connectivity index (χ1n) is 8.18. The molecule has 33 heavy (non-hydrogen) atoms. The molecule has 0 atom stereocenters. The fraction of sp³-hybridized carbons (Fsp3) is 0.471. The second-order valence-electron chi connectivity index (χ2n) is 6.19. The van der Waals surface area contributed by atoms with Crippen molar-refractivity contribution >= 4 is 16.9 Å². The molecule has 1 rings (SSSR count). The van der Waals surface area contributed by atoms with Gasteiger partial charge in [0.25, 0.3) is 0 Å². The maximum absolute atomic E-state index is 13.7. The van der Waals surface area contributed by atoms with Crippen LogP contribution in [0, 0.1) is 0 Å². The van der Waals surface area contributed by atoms with Gasteiger partial charge in [0.1, 0.15) is 5.75 Å². The van der Waals surface area contributed by atoms with Gasteiger partial charge in [-0.05, 0) is 24.3 Å². The molecule has 0 bridgehead atoms. The highest BCUT2D eigenvalue weighted by Gasteiger charge is 2.90. The summed E-state index contributed by atoms with van der Waals surface area (Å²) in [6, 6.07) is 4.55. The van der Waals surface area contributed by atoms with Gasteiger partial charge in [-0.3, -0.25) is 4.79 Å². The predicted octanol–water partition coefficient (Wildman–Crippen LogP) is 7.21. The zero-order chi connectivity index (χ0) is 26.1. The van der Waals surface area contributed by atoms with Crippen molar-refractivity contribution in [3.8, 4) is 5.75 Å². The summed E-state index contributed by atoms with van der Waals surface area (Å²) in [6.07, 6.45) is -8.89. The van der Waals surface area contributed by atoms with Gasteiger partial charge in [-0.15, -0.1) is 0 Å². The fourth-order valence-electron chi connectivity index (χ4n) is 2.08. The van der Waals surface area contributed by atoms with Crippen molar-refractivity contribution in [3.05, 3.63) is 42.7 Å². The Hall–Kier alpha value is -2.13. The molecular weight excluding hydrogens is 515 g/mol. The van der Waals surface area contributed by atoms with Crippen LogP contribution in [0.4, 0.5) is 57.1 Å². The van der Waals surface area contributed by atoms with E-state index in [9.17, 15) is 61.9 Å². The molecule has 0 N–H and O–H groups in total. The first-order chi connectivity index (χ1) is 14.7. The second kappa shape index (κ2) is 9.25. The number of thioether (sulfide) groups is 1. The average molecular weight is 526 g/mol. The lowest BCUT2D eigenvalue weighted by atomic mass is 9.93. The molecule has 0 saturated carbocycles. The molecule has 1 aromatic carbocycles. The Labute approximate surface area is 180 Å². The smallest absolute Gasteiger partial charge is 0.460 e. The molecule has 0 fully saturated rings. The largest absolute Gasteiger partial charge is 0.466 e. The van der Waals surface area contributed by atoms with Crippen molar-refractivity contribution in [1.82, 2.24) is 0 Å². The molecule has 188 valence electrons. The molecule has 0 amide bonds. The maximum Gasteiger partial charge on any atom is 0.460 e. The number of ether oxygens (including phenoxy) is 1. The summed E-state index contributed by atoms with van der Waals surface area (Å²) < 4.78 is 174. The van der Waals surface area contributed by atoms with E-state index in [1.54, 1.807) is 0 Å². The van der Waals surface area contributed by atoms with Crippen molar-refractivity contribution in [2.75, 3.05) is 5.75 Å². The number of carbonyl (C=O) groups is 1. The van der Waals surface area contributed by atoms with Crippen LogP contribution in [0.1, 0.15) is 16.8 Å². The van der Waals surface area contributed by atoms with Crippen LogP contribution in [-0.2, 0) is 0 Å². The van der Waals surface area contributed by atoms with Crippen LogP contribution in [0.5, 0.6) is 5.75 Å². The van der Waals surface area contributed by atoms with Crippen LogP contribution in [0.15, 0.2) is 37.1 Å². The summed E-state index contributed by atoms with van der Waals surface area (Å²) in [6.45, 7) is 3.23. The first kappa shape index (κ1) is 28.9. The molecule has 2 nitrogen and oxygen atoms in total. The van der Waals surface area contributed by atoms with E-state index in [0.29, 0.717) is 0 Å². The third-order valence-corrected chi connectivity index (χ3v) is 4.86. The molecule has 0 radical (unpaired) electrons. The van der Waals surface area contributed by atoms with Gasteiger partial charge in [0.15, 0.2) is 0 Å². The van der Waals surface area contributed by atoms with E-state index in [1.165, 1.54) is 12.1 Å². The molecule has 0 spiro atoms. The van der Waals surface area contributed by atoms with E-state index in [1.807, 2.05) is 0 Å². The molecular formula is C17H11F13O2S. The van der Waals surface area contributed by atoms with Gasteiger partial charge < -0.3 is 4.74 Å². The Morgan fingerprint density at radius 2 is 1.24 bits per heavy atom. The summed E-state index contributed by atoms with van der Waals surface area (Å²) in [5, 5.41) is -1.07. The second-order valence-corrected chi connectivity index (χ2v) is 7.26. The number of carbonyl (C=O) groups excluding carboxylic acids is 1. The number of rotatable bonds is 10. The van der Waals surface area contributed by atoms with E-state index >= 15 is 0 Å². The van der Waals surface area contributed by atoms with Gasteiger partial charge in [0.05, 0.1) is 6.26 Å². The number of alkyl halides is 13. The van der Waals surface area contributed by atoms with Gasteiger partial charge >= 0.3 is 35.8 Å². The Kier molecular flexibility index (Phi) is 8.10. The lowest BCUT2D eigenvalue weighted by Gasteiger charge is -2.39. The highest BCUT2D eigenvalue weighted by atomic mass is 32.2. The SMILES string of the molecule is C=COc1ccc(C(=O)SCCC(F)(F)C(F)(F)C(F)(F)C(F)(F)C(F)(F)C(F)(F)F)cc1. The molecule has 0 saturated heterocycles. The van der Waals surface area contributed by atoms with Crippen LogP contribution < -0.4 is 4.74 Å². The van der Waals surface area contributed by atoms with Crippen LogP contribution in [0.2, 0.25) is 0 Å². The normalized spacial score (nSPS) is 14.2. The molecule has 0 aliphatic rings. The van der Waals surface area contributed by atoms with E-state index in [-0.39, 0.29) is 23.1 Å². The zero-order valence-corrected chi connectivity index (χ0v) is 16.5. The van der Waals surface area contributed by atoms with Crippen LogP contribution >= 0.6 is 11.8 Å². The van der Waals surface area contributed by atoms with Crippen molar-refractivity contribution in [1.29, 1.82) is 0 Å². The Morgan fingerprint density at radius 3 is 1.67 bits per heavy atom. The van der Waals surface area contributed by atoms with Crippen molar-refractivity contribution < 1.29 is 66.6 Å². The highest BCUT2D eigenvalue weighted by molar-refractivity contribution is 8.14. The fourth-order valence-corrected chi connectivity index (χ4v) is 2.93. The molecule has 16 heteroatoms. The summed E-state index contributed by atoms with van der Waals surface area (Å²) in [4.78, 5) is 11.8. The maximum atomic E-state index is 13.7. The topological polar surface area (TPSA) is 26.3 Å². The molecule has 1 aromatic rings. The van der Waals surface area contributed by atoms with Crippen LogP contribution in [-0.4, -0.2) is 46.7 Å². The van der Waals surface area contributed by atoms with E-state index < -0.39 is 53.1 Å². The highest BCUT2D eigenvalue weighted by Crippen LogP contribution is 2.60. The van der Waals surface area contributed by atoms with Crippen LogP contribution in [0.25, 0.3) is 0 Å². The van der Waals surface area contributed by atoms with Gasteiger partial charge in [0, 0.05) is 17.7 Å². The Balaban J connectivity index is 3.01. The molecule has 0 aliphatic carbocycles. The van der Waals surface area contributed by atoms with Crippen molar-refractivity contribution in [2.45, 2.75) is 42.2 Å². The van der Waals surface area contributed by atoms with Crippen LogP contribution in [0.3, 0.4) is 0 Å². The molecule has 0 aliphatic heterocycles.